The molecule has 0 N–H and O–H groups in total. The van der Waals surface area contributed by atoms with Gasteiger partial charge >= 0.3 is 8.60 Å². The van der Waals surface area contributed by atoms with Gasteiger partial charge in [-0.25, -0.2) is 0 Å². The van der Waals surface area contributed by atoms with Crippen molar-refractivity contribution < 1.29 is 13.6 Å². The summed E-state index contributed by atoms with van der Waals surface area (Å²) in [6, 6.07) is 8.60. The average molecular weight is 515 g/mol. The summed E-state index contributed by atoms with van der Waals surface area (Å²) in [4.78, 5) is 0. The van der Waals surface area contributed by atoms with Crippen LogP contribution in [0.15, 0.2) is 24.3 Å². The van der Waals surface area contributed by atoms with Crippen LogP contribution in [0.4, 0.5) is 0 Å². The zero-order chi connectivity index (χ0) is 27.9. The highest BCUT2D eigenvalue weighted by molar-refractivity contribution is 7.42. The minimum atomic E-state index is -1.64. The first-order valence-corrected chi connectivity index (χ1v) is 14.4. The van der Waals surface area contributed by atoms with Crippen LogP contribution in [0.2, 0.25) is 0 Å². The summed E-state index contributed by atoms with van der Waals surface area (Å²) < 4.78 is 19.3. The van der Waals surface area contributed by atoms with E-state index in [1.807, 2.05) is 6.92 Å². The Balaban J connectivity index is 2.60. The smallest absolute Gasteiger partial charge is 0.417 e. The molecule has 202 valence electrons. The second kappa shape index (κ2) is 10.7. The molecule has 3 nitrogen and oxygen atoms in total. The van der Waals surface area contributed by atoms with E-state index in [2.05, 4.69) is 121 Å². The summed E-state index contributed by atoms with van der Waals surface area (Å²) >= 11 is 0. The lowest BCUT2D eigenvalue weighted by atomic mass is 9.76. The minimum absolute atomic E-state index is 0.0533. The van der Waals surface area contributed by atoms with E-state index in [-0.39, 0.29) is 21.7 Å². The fourth-order valence-electron chi connectivity index (χ4n) is 5.35. The molecule has 0 saturated heterocycles. The molecule has 2 rings (SSSR count). The molecular weight excluding hydrogens is 463 g/mol. The van der Waals surface area contributed by atoms with Crippen LogP contribution >= 0.6 is 8.60 Å². The highest BCUT2D eigenvalue weighted by atomic mass is 31.2. The van der Waals surface area contributed by atoms with Gasteiger partial charge in [-0.1, -0.05) is 95.2 Å². The van der Waals surface area contributed by atoms with Crippen molar-refractivity contribution >= 4 is 8.60 Å². The predicted molar refractivity (Wildman–Crippen MR) is 157 cm³/mol. The van der Waals surface area contributed by atoms with Crippen LogP contribution in [0.25, 0.3) is 0 Å². The lowest BCUT2D eigenvalue weighted by Crippen LogP contribution is -2.21. The minimum Gasteiger partial charge on any atom is -0.417 e. The van der Waals surface area contributed by atoms with E-state index < -0.39 is 8.60 Å². The molecule has 2 aromatic carbocycles. The monoisotopic (exact) mass is 514 g/mol. The molecular formula is C32H51O3P. The molecule has 0 aliphatic heterocycles. The van der Waals surface area contributed by atoms with E-state index in [1.54, 1.807) is 0 Å². The summed E-state index contributed by atoms with van der Waals surface area (Å²) in [5, 5.41) is 0. The lowest BCUT2D eigenvalue weighted by molar-refractivity contribution is 0.276. The van der Waals surface area contributed by atoms with E-state index >= 15 is 0 Å². The number of hydrogen-bond donors (Lipinski definition) is 0. The molecule has 0 aromatic heterocycles. The van der Waals surface area contributed by atoms with Gasteiger partial charge in [0.2, 0.25) is 0 Å². The van der Waals surface area contributed by atoms with Crippen LogP contribution in [-0.2, 0) is 26.2 Å². The first-order valence-electron chi connectivity index (χ1n) is 13.3. The van der Waals surface area contributed by atoms with Gasteiger partial charge in [0.15, 0.2) is 0 Å². The predicted octanol–water partition coefficient (Wildman–Crippen LogP) is 10.2. The highest BCUT2D eigenvalue weighted by Gasteiger charge is 2.32. The average Bonchev–Trinajstić information content (AvgIpc) is 2.64. The third-order valence-electron chi connectivity index (χ3n) is 6.55. The molecule has 0 amide bonds. The molecule has 0 bridgehead atoms. The molecule has 0 saturated carbocycles. The van der Waals surface area contributed by atoms with E-state index in [1.165, 1.54) is 33.4 Å². The summed E-state index contributed by atoms with van der Waals surface area (Å²) in [6.45, 7) is 33.9. The molecule has 36 heavy (non-hydrogen) atoms. The molecule has 0 aliphatic rings. The van der Waals surface area contributed by atoms with Gasteiger partial charge in [0.05, 0.1) is 6.61 Å². The summed E-state index contributed by atoms with van der Waals surface area (Å²) in [6.07, 6.45) is 0. The molecule has 0 heterocycles. The summed E-state index contributed by atoms with van der Waals surface area (Å²) in [5.41, 5.74) is 7.58. The zero-order valence-corrected chi connectivity index (χ0v) is 26.6. The zero-order valence-electron chi connectivity index (χ0n) is 25.7. The highest BCUT2D eigenvalue weighted by Crippen LogP contribution is 2.49. The Bertz CT molecular complexity index is 974. The Kier molecular flexibility index (Phi) is 9.08. The van der Waals surface area contributed by atoms with Crippen molar-refractivity contribution in [2.24, 2.45) is 0 Å². The van der Waals surface area contributed by atoms with Crippen LogP contribution < -0.4 is 9.05 Å². The standard InChI is InChI=1S/C32H51O3P/c1-16-33-36(34-25-19-17-23(29(4,5)6)21(2)27(25)31(10,11)12)35-26-20-18-24(30(7,8)9)22(3)28(26)32(13,14)15/h17-20H,16H2,1-15H3. The molecule has 0 unspecified atom stereocenters. The molecule has 0 atom stereocenters. The van der Waals surface area contributed by atoms with Crippen LogP contribution in [0.3, 0.4) is 0 Å². The Morgan fingerprint density at radius 2 is 0.889 bits per heavy atom. The van der Waals surface area contributed by atoms with Gasteiger partial charge in [-0.3, -0.25) is 4.52 Å². The first-order chi connectivity index (χ1) is 16.2. The largest absolute Gasteiger partial charge is 0.463 e. The van der Waals surface area contributed by atoms with Gasteiger partial charge in [-0.05, 0) is 76.8 Å². The Morgan fingerprint density at radius 1 is 0.556 bits per heavy atom. The molecule has 4 heteroatoms. The fourth-order valence-corrected chi connectivity index (χ4v) is 6.33. The number of hydrogen-bond acceptors (Lipinski definition) is 3. The maximum atomic E-state index is 6.59. The summed E-state index contributed by atoms with van der Waals surface area (Å²) in [7, 11) is -1.64. The SMILES string of the molecule is CCOP(Oc1ccc(C(C)(C)C)c(C)c1C(C)(C)C)Oc1ccc(C(C)(C)C)c(C)c1C(C)(C)C. The van der Waals surface area contributed by atoms with E-state index in [9.17, 15) is 0 Å². The van der Waals surface area contributed by atoms with Gasteiger partial charge in [0.25, 0.3) is 0 Å². The van der Waals surface area contributed by atoms with E-state index in [4.69, 9.17) is 13.6 Å². The molecule has 0 aliphatic carbocycles. The summed E-state index contributed by atoms with van der Waals surface area (Å²) in [5.74, 6) is 1.68. The molecule has 2 aromatic rings. The van der Waals surface area contributed by atoms with Gasteiger partial charge in [0, 0.05) is 11.1 Å². The number of rotatable bonds is 6. The molecule has 0 fully saturated rings. The third kappa shape index (κ3) is 7.05. The van der Waals surface area contributed by atoms with Crippen molar-refractivity contribution in [2.75, 3.05) is 6.61 Å². The van der Waals surface area contributed by atoms with Crippen molar-refractivity contribution in [3.05, 3.63) is 57.6 Å². The normalized spacial score (nSPS) is 13.3. The van der Waals surface area contributed by atoms with Crippen molar-refractivity contribution in [3.63, 3.8) is 0 Å². The van der Waals surface area contributed by atoms with Crippen molar-refractivity contribution in [1.82, 2.24) is 0 Å². The maximum Gasteiger partial charge on any atom is 0.463 e. The second-order valence-corrected chi connectivity index (χ2v) is 15.1. The van der Waals surface area contributed by atoms with Crippen LogP contribution in [0.1, 0.15) is 123 Å². The third-order valence-corrected chi connectivity index (χ3v) is 7.71. The fraction of sp³-hybridized carbons (Fsp3) is 0.625. The Morgan fingerprint density at radius 3 is 1.14 bits per heavy atom. The van der Waals surface area contributed by atoms with Crippen molar-refractivity contribution in [2.45, 2.75) is 126 Å². The Labute approximate surface area is 223 Å². The van der Waals surface area contributed by atoms with Gasteiger partial charge < -0.3 is 9.05 Å². The van der Waals surface area contributed by atoms with E-state index in [0.29, 0.717) is 6.61 Å². The number of benzene rings is 2. The topological polar surface area (TPSA) is 27.7 Å². The lowest BCUT2D eigenvalue weighted by Gasteiger charge is -2.32. The van der Waals surface area contributed by atoms with Gasteiger partial charge in [-0.15, -0.1) is 0 Å². The molecule has 0 spiro atoms. The maximum absolute atomic E-state index is 6.59. The van der Waals surface area contributed by atoms with Crippen LogP contribution in [0.5, 0.6) is 11.5 Å². The van der Waals surface area contributed by atoms with Crippen LogP contribution in [-0.4, -0.2) is 6.61 Å². The van der Waals surface area contributed by atoms with Crippen molar-refractivity contribution in [1.29, 1.82) is 0 Å². The van der Waals surface area contributed by atoms with Gasteiger partial charge in [-0.2, -0.15) is 0 Å². The van der Waals surface area contributed by atoms with Crippen molar-refractivity contribution in [3.8, 4) is 11.5 Å². The van der Waals surface area contributed by atoms with E-state index in [0.717, 1.165) is 11.5 Å². The Hall–Kier alpha value is -1.57. The molecule has 0 radical (unpaired) electrons. The quantitative estimate of drug-likeness (QED) is 0.359. The van der Waals surface area contributed by atoms with Crippen LogP contribution in [0, 0.1) is 13.8 Å². The first kappa shape index (κ1) is 30.7. The second-order valence-electron chi connectivity index (χ2n) is 14.0. The van der Waals surface area contributed by atoms with Gasteiger partial charge in [0.1, 0.15) is 11.5 Å².